The second-order valence-corrected chi connectivity index (χ2v) is 5.22. The molecule has 2 radical (unpaired) electrons. The normalized spacial score (nSPS) is 11.8. The summed E-state index contributed by atoms with van der Waals surface area (Å²) >= 11 is 0. The standard InChI is InChI=1S/C13H15BN2O2/c1-8-15-10-7-9(14)5-6-11(10)16(8)12(17)18-13(2,3)4/h5-7H,1-4H3. The average Bonchev–Trinajstić information content (AvgIpc) is 2.50. The van der Waals surface area contributed by atoms with Gasteiger partial charge in [-0.05, 0) is 39.8 Å². The summed E-state index contributed by atoms with van der Waals surface area (Å²) in [6, 6.07) is 5.25. The largest absolute Gasteiger partial charge is 0.443 e. The van der Waals surface area contributed by atoms with Gasteiger partial charge >= 0.3 is 6.09 Å². The van der Waals surface area contributed by atoms with Gasteiger partial charge in [-0.15, -0.1) is 0 Å². The van der Waals surface area contributed by atoms with Gasteiger partial charge in [0, 0.05) is 0 Å². The lowest BCUT2D eigenvalue weighted by Crippen LogP contribution is -2.27. The minimum atomic E-state index is -0.534. The Morgan fingerprint density at radius 3 is 2.67 bits per heavy atom. The molecule has 0 N–H and O–H groups in total. The first-order valence-electron chi connectivity index (χ1n) is 5.76. The summed E-state index contributed by atoms with van der Waals surface area (Å²) in [5.74, 6) is 0.588. The van der Waals surface area contributed by atoms with E-state index in [1.165, 1.54) is 4.57 Å². The topological polar surface area (TPSA) is 44.1 Å². The molecular weight excluding hydrogens is 227 g/mol. The molecule has 0 saturated carbocycles. The SMILES string of the molecule is [B]c1ccc2c(c1)nc(C)n2C(=O)OC(C)(C)C. The molecule has 1 aromatic heterocycles. The average molecular weight is 242 g/mol. The van der Waals surface area contributed by atoms with Crippen LogP contribution in [0.2, 0.25) is 0 Å². The molecule has 92 valence electrons. The van der Waals surface area contributed by atoms with E-state index in [-0.39, 0.29) is 0 Å². The molecule has 18 heavy (non-hydrogen) atoms. The van der Waals surface area contributed by atoms with Crippen molar-refractivity contribution < 1.29 is 9.53 Å². The Hall–Kier alpha value is -1.78. The van der Waals surface area contributed by atoms with E-state index in [1.807, 2.05) is 20.8 Å². The fraction of sp³-hybridized carbons (Fsp3) is 0.385. The van der Waals surface area contributed by atoms with Crippen LogP contribution in [0.5, 0.6) is 0 Å². The third-order valence-electron chi connectivity index (χ3n) is 2.42. The fourth-order valence-corrected chi connectivity index (χ4v) is 1.76. The molecule has 2 aromatic rings. The number of aryl methyl sites for hydroxylation is 1. The lowest BCUT2D eigenvalue weighted by Gasteiger charge is -2.20. The molecule has 0 saturated heterocycles. The fourth-order valence-electron chi connectivity index (χ4n) is 1.76. The van der Waals surface area contributed by atoms with E-state index < -0.39 is 11.7 Å². The van der Waals surface area contributed by atoms with Crippen molar-refractivity contribution >= 4 is 30.4 Å². The maximum atomic E-state index is 12.1. The molecule has 1 aromatic carbocycles. The van der Waals surface area contributed by atoms with Gasteiger partial charge in [-0.25, -0.2) is 14.3 Å². The molecule has 2 rings (SSSR count). The monoisotopic (exact) mass is 242 g/mol. The summed E-state index contributed by atoms with van der Waals surface area (Å²) in [5.41, 5.74) is 1.49. The van der Waals surface area contributed by atoms with E-state index in [4.69, 9.17) is 12.6 Å². The molecule has 0 unspecified atom stereocenters. The van der Waals surface area contributed by atoms with E-state index in [2.05, 4.69) is 4.98 Å². The van der Waals surface area contributed by atoms with Gasteiger partial charge in [0.05, 0.1) is 11.0 Å². The Kier molecular flexibility index (Phi) is 2.93. The molecular formula is C13H15BN2O2. The summed E-state index contributed by atoms with van der Waals surface area (Å²) < 4.78 is 6.81. The number of imidazole rings is 1. The van der Waals surface area contributed by atoms with Crippen molar-refractivity contribution in [3.05, 3.63) is 24.0 Å². The molecule has 1 heterocycles. The third kappa shape index (κ3) is 2.40. The van der Waals surface area contributed by atoms with Crippen LogP contribution in [0, 0.1) is 6.92 Å². The van der Waals surface area contributed by atoms with Crippen molar-refractivity contribution in [2.24, 2.45) is 0 Å². The number of rotatable bonds is 0. The Balaban J connectivity index is 2.51. The van der Waals surface area contributed by atoms with Crippen molar-refractivity contribution in [1.29, 1.82) is 0 Å². The predicted octanol–water partition coefficient (Wildman–Crippen LogP) is 1.92. The maximum absolute atomic E-state index is 12.1. The van der Waals surface area contributed by atoms with Gasteiger partial charge in [0.25, 0.3) is 0 Å². The second-order valence-electron chi connectivity index (χ2n) is 5.22. The van der Waals surface area contributed by atoms with E-state index in [0.717, 1.165) is 0 Å². The van der Waals surface area contributed by atoms with Gasteiger partial charge in [-0.3, -0.25) is 0 Å². The van der Waals surface area contributed by atoms with Crippen molar-refractivity contribution in [2.75, 3.05) is 0 Å². The van der Waals surface area contributed by atoms with Gasteiger partial charge in [-0.2, -0.15) is 0 Å². The highest BCUT2D eigenvalue weighted by Crippen LogP contribution is 2.17. The molecule has 0 bridgehead atoms. The van der Waals surface area contributed by atoms with E-state index in [1.54, 1.807) is 25.1 Å². The summed E-state index contributed by atoms with van der Waals surface area (Å²) in [5, 5.41) is 0. The Morgan fingerprint density at radius 2 is 2.06 bits per heavy atom. The number of carbonyl (C=O) groups excluding carboxylic acids is 1. The van der Waals surface area contributed by atoms with Crippen LogP contribution in [-0.4, -0.2) is 29.1 Å². The van der Waals surface area contributed by atoms with Crippen molar-refractivity contribution in [3.63, 3.8) is 0 Å². The minimum absolute atomic E-state index is 0.424. The van der Waals surface area contributed by atoms with Crippen LogP contribution < -0.4 is 5.46 Å². The van der Waals surface area contributed by atoms with Crippen LogP contribution >= 0.6 is 0 Å². The first-order valence-corrected chi connectivity index (χ1v) is 5.76. The van der Waals surface area contributed by atoms with Crippen LogP contribution in [0.1, 0.15) is 26.6 Å². The summed E-state index contributed by atoms with van der Waals surface area (Å²) in [7, 11) is 5.70. The smallest absolute Gasteiger partial charge is 0.420 e. The lowest BCUT2D eigenvalue weighted by molar-refractivity contribution is 0.0540. The number of benzene rings is 1. The number of hydrogen-bond donors (Lipinski definition) is 0. The molecule has 0 aliphatic heterocycles. The van der Waals surface area contributed by atoms with Gasteiger partial charge < -0.3 is 4.74 Å². The molecule has 0 aliphatic carbocycles. The molecule has 0 amide bonds. The molecule has 5 heteroatoms. The zero-order valence-corrected chi connectivity index (χ0v) is 11.0. The highest BCUT2D eigenvalue weighted by Gasteiger charge is 2.21. The molecule has 0 fully saturated rings. The quantitative estimate of drug-likeness (QED) is 0.663. The minimum Gasteiger partial charge on any atom is -0.443 e. The first-order chi connectivity index (χ1) is 8.28. The van der Waals surface area contributed by atoms with Crippen LogP contribution in [0.3, 0.4) is 0 Å². The van der Waals surface area contributed by atoms with Crippen LogP contribution in [-0.2, 0) is 4.74 Å². The zero-order valence-electron chi connectivity index (χ0n) is 11.0. The zero-order chi connectivity index (χ0) is 13.5. The highest BCUT2D eigenvalue weighted by molar-refractivity contribution is 6.33. The summed E-state index contributed by atoms with van der Waals surface area (Å²) in [6.45, 7) is 7.26. The van der Waals surface area contributed by atoms with Crippen molar-refractivity contribution in [3.8, 4) is 0 Å². The molecule has 0 spiro atoms. The number of nitrogens with zero attached hydrogens (tertiary/aromatic N) is 2. The number of ether oxygens (including phenoxy) is 1. The third-order valence-corrected chi connectivity index (χ3v) is 2.42. The number of fused-ring (bicyclic) bond motifs is 1. The second kappa shape index (κ2) is 4.16. The Labute approximate surface area is 107 Å². The lowest BCUT2D eigenvalue weighted by atomic mass is 9.96. The molecule has 0 aliphatic rings. The highest BCUT2D eigenvalue weighted by atomic mass is 16.6. The predicted molar refractivity (Wildman–Crippen MR) is 71.5 cm³/mol. The number of aromatic nitrogens is 2. The Bertz CT molecular complexity index is 611. The molecule has 4 nitrogen and oxygen atoms in total. The van der Waals surface area contributed by atoms with Gasteiger partial charge in [0.1, 0.15) is 19.3 Å². The number of carbonyl (C=O) groups is 1. The Morgan fingerprint density at radius 1 is 1.39 bits per heavy atom. The van der Waals surface area contributed by atoms with Gasteiger partial charge in [0.15, 0.2) is 0 Å². The summed E-state index contributed by atoms with van der Waals surface area (Å²) in [6.07, 6.45) is -0.424. The van der Waals surface area contributed by atoms with Crippen LogP contribution in [0.4, 0.5) is 4.79 Å². The molecule has 0 atom stereocenters. The first kappa shape index (κ1) is 12.7. The van der Waals surface area contributed by atoms with Crippen LogP contribution in [0.15, 0.2) is 18.2 Å². The van der Waals surface area contributed by atoms with Crippen LogP contribution in [0.25, 0.3) is 11.0 Å². The van der Waals surface area contributed by atoms with E-state index in [0.29, 0.717) is 22.3 Å². The number of hydrogen-bond acceptors (Lipinski definition) is 3. The van der Waals surface area contributed by atoms with Gasteiger partial charge in [0.2, 0.25) is 0 Å². The van der Waals surface area contributed by atoms with Crippen molar-refractivity contribution in [2.45, 2.75) is 33.3 Å². The van der Waals surface area contributed by atoms with Gasteiger partial charge in [-0.1, -0.05) is 11.5 Å². The van der Waals surface area contributed by atoms with Crippen molar-refractivity contribution in [1.82, 2.24) is 9.55 Å². The maximum Gasteiger partial charge on any atom is 0.420 e. The summed E-state index contributed by atoms with van der Waals surface area (Å²) in [4.78, 5) is 16.4. The van der Waals surface area contributed by atoms with E-state index >= 15 is 0 Å². The van der Waals surface area contributed by atoms with E-state index in [9.17, 15) is 4.79 Å².